The second kappa shape index (κ2) is 4.47. The summed E-state index contributed by atoms with van der Waals surface area (Å²) in [7, 11) is 0. The van der Waals surface area contributed by atoms with E-state index in [2.05, 4.69) is 10.2 Å². The largest absolute Gasteiger partial charge is 0.326 e. The van der Waals surface area contributed by atoms with Crippen LogP contribution in [-0.2, 0) is 4.79 Å². The maximum atomic E-state index is 11.7. The van der Waals surface area contributed by atoms with E-state index in [0.29, 0.717) is 18.1 Å². The lowest BCUT2D eigenvalue weighted by molar-refractivity contribution is -0.117. The normalized spacial score (nSPS) is 19.5. The van der Waals surface area contributed by atoms with Gasteiger partial charge < -0.3 is 5.73 Å². The number of hydrogen-bond donors (Lipinski definition) is 1. The van der Waals surface area contributed by atoms with Crippen molar-refractivity contribution < 1.29 is 4.79 Å². The number of hydrogen-bond acceptors (Lipinski definition) is 5. The standard InChI is InChI=1S/C12H12N4OS/c13-9-6-10(17)16(7-9)12-15-14-11(18-12)8-4-2-1-3-5-8/h1-5,9H,6-7,13H2. The van der Waals surface area contributed by atoms with Crippen LogP contribution in [-0.4, -0.2) is 28.7 Å². The molecule has 92 valence electrons. The first kappa shape index (κ1) is 11.3. The molecule has 3 rings (SSSR count). The van der Waals surface area contributed by atoms with Gasteiger partial charge in [0.2, 0.25) is 11.0 Å². The molecular formula is C12H12N4OS. The summed E-state index contributed by atoms with van der Waals surface area (Å²) < 4.78 is 0. The summed E-state index contributed by atoms with van der Waals surface area (Å²) in [5.41, 5.74) is 6.78. The van der Waals surface area contributed by atoms with Crippen LogP contribution in [0.5, 0.6) is 0 Å². The Morgan fingerprint density at radius 1 is 1.28 bits per heavy atom. The highest BCUT2D eigenvalue weighted by Gasteiger charge is 2.30. The molecular weight excluding hydrogens is 248 g/mol. The van der Waals surface area contributed by atoms with Crippen molar-refractivity contribution in [3.05, 3.63) is 30.3 Å². The molecule has 0 radical (unpaired) electrons. The van der Waals surface area contributed by atoms with Crippen LogP contribution in [0.1, 0.15) is 6.42 Å². The second-order valence-corrected chi connectivity index (χ2v) is 5.18. The predicted molar refractivity (Wildman–Crippen MR) is 70.3 cm³/mol. The number of carbonyl (C=O) groups excluding carboxylic acids is 1. The van der Waals surface area contributed by atoms with Crippen LogP contribution in [0.4, 0.5) is 5.13 Å². The van der Waals surface area contributed by atoms with Crippen LogP contribution in [0, 0.1) is 0 Å². The Hall–Kier alpha value is -1.79. The number of nitrogens with zero attached hydrogens (tertiary/aromatic N) is 3. The molecule has 1 fully saturated rings. The Bertz CT molecular complexity index is 568. The van der Waals surface area contributed by atoms with E-state index in [-0.39, 0.29) is 11.9 Å². The molecule has 2 N–H and O–H groups in total. The summed E-state index contributed by atoms with van der Waals surface area (Å²) in [5.74, 6) is 0.0262. The third kappa shape index (κ3) is 2.00. The van der Waals surface area contributed by atoms with E-state index in [9.17, 15) is 4.79 Å². The molecule has 1 aromatic carbocycles. The first-order valence-electron chi connectivity index (χ1n) is 5.69. The molecule has 1 amide bonds. The number of amides is 1. The zero-order chi connectivity index (χ0) is 12.5. The molecule has 0 saturated carbocycles. The lowest BCUT2D eigenvalue weighted by Gasteiger charge is -2.09. The monoisotopic (exact) mass is 260 g/mol. The number of aromatic nitrogens is 2. The van der Waals surface area contributed by atoms with Gasteiger partial charge in [0.15, 0.2) is 0 Å². The average molecular weight is 260 g/mol. The van der Waals surface area contributed by atoms with Gasteiger partial charge in [-0.1, -0.05) is 41.7 Å². The van der Waals surface area contributed by atoms with E-state index in [0.717, 1.165) is 10.6 Å². The van der Waals surface area contributed by atoms with Gasteiger partial charge in [-0.25, -0.2) is 0 Å². The van der Waals surface area contributed by atoms with Gasteiger partial charge in [0.25, 0.3) is 0 Å². The minimum Gasteiger partial charge on any atom is -0.326 e. The van der Waals surface area contributed by atoms with Crippen LogP contribution in [0.25, 0.3) is 10.6 Å². The highest BCUT2D eigenvalue weighted by atomic mass is 32.1. The molecule has 1 unspecified atom stereocenters. The van der Waals surface area contributed by atoms with Crippen LogP contribution in [0.3, 0.4) is 0 Å². The Morgan fingerprint density at radius 2 is 2.06 bits per heavy atom. The molecule has 0 aliphatic carbocycles. The maximum Gasteiger partial charge on any atom is 0.230 e. The SMILES string of the molecule is NC1CC(=O)N(c2nnc(-c3ccccc3)s2)C1. The topological polar surface area (TPSA) is 72.1 Å². The van der Waals surface area contributed by atoms with Gasteiger partial charge in [0.05, 0.1) is 0 Å². The fraction of sp³-hybridized carbons (Fsp3) is 0.250. The molecule has 18 heavy (non-hydrogen) atoms. The molecule has 0 bridgehead atoms. The van der Waals surface area contributed by atoms with Crippen molar-refractivity contribution in [3.8, 4) is 10.6 Å². The van der Waals surface area contributed by atoms with Gasteiger partial charge >= 0.3 is 0 Å². The van der Waals surface area contributed by atoms with E-state index in [1.54, 1.807) is 4.90 Å². The molecule has 2 aromatic rings. The van der Waals surface area contributed by atoms with Gasteiger partial charge in [-0.3, -0.25) is 9.69 Å². The van der Waals surface area contributed by atoms with Gasteiger partial charge in [-0.05, 0) is 0 Å². The van der Waals surface area contributed by atoms with Gasteiger partial charge in [-0.2, -0.15) is 0 Å². The zero-order valence-corrected chi connectivity index (χ0v) is 10.4. The number of benzene rings is 1. The fourth-order valence-electron chi connectivity index (χ4n) is 1.94. The van der Waals surface area contributed by atoms with E-state index >= 15 is 0 Å². The molecule has 0 spiro atoms. The Morgan fingerprint density at radius 3 is 2.72 bits per heavy atom. The molecule has 1 atom stereocenters. The van der Waals surface area contributed by atoms with Crippen molar-refractivity contribution in [1.82, 2.24) is 10.2 Å². The Kier molecular flexibility index (Phi) is 2.81. The van der Waals surface area contributed by atoms with Crippen molar-refractivity contribution in [2.75, 3.05) is 11.4 Å². The molecule has 1 aliphatic rings. The van der Waals surface area contributed by atoms with Crippen molar-refractivity contribution in [2.24, 2.45) is 5.73 Å². The summed E-state index contributed by atoms with van der Waals surface area (Å²) in [6, 6.07) is 9.71. The fourth-order valence-corrected chi connectivity index (χ4v) is 2.82. The third-order valence-corrected chi connectivity index (χ3v) is 3.82. The van der Waals surface area contributed by atoms with E-state index in [4.69, 9.17) is 5.73 Å². The lowest BCUT2D eigenvalue weighted by Crippen LogP contribution is -2.27. The van der Waals surface area contributed by atoms with Crippen molar-refractivity contribution in [2.45, 2.75) is 12.5 Å². The predicted octanol–water partition coefficient (Wildman–Crippen LogP) is 1.27. The summed E-state index contributed by atoms with van der Waals surface area (Å²) in [5, 5.41) is 9.65. The summed E-state index contributed by atoms with van der Waals surface area (Å²) in [6.45, 7) is 0.530. The average Bonchev–Trinajstić information content (AvgIpc) is 2.97. The third-order valence-electron chi connectivity index (χ3n) is 2.82. The zero-order valence-electron chi connectivity index (χ0n) is 9.61. The molecule has 6 heteroatoms. The summed E-state index contributed by atoms with van der Waals surface area (Å²) in [4.78, 5) is 13.3. The number of anilines is 1. The van der Waals surface area contributed by atoms with Crippen LogP contribution in [0.2, 0.25) is 0 Å². The first-order chi connectivity index (χ1) is 8.74. The van der Waals surface area contributed by atoms with Crippen LogP contribution in [0.15, 0.2) is 30.3 Å². The maximum absolute atomic E-state index is 11.7. The molecule has 1 aliphatic heterocycles. The quantitative estimate of drug-likeness (QED) is 0.882. The van der Waals surface area contributed by atoms with Crippen LogP contribution < -0.4 is 10.6 Å². The minimum absolute atomic E-state index is 0.0262. The van der Waals surface area contributed by atoms with Crippen LogP contribution >= 0.6 is 11.3 Å². The van der Waals surface area contributed by atoms with Gasteiger partial charge in [0, 0.05) is 24.6 Å². The lowest BCUT2D eigenvalue weighted by atomic mass is 10.2. The van der Waals surface area contributed by atoms with Crippen molar-refractivity contribution in [1.29, 1.82) is 0 Å². The summed E-state index contributed by atoms with van der Waals surface area (Å²) in [6.07, 6.45) is 0.389. The Labute approximate surface area is 108 Å². The van der Waals surface area contributed by atoms with Crippen molar-refractivity contribution >= 4 is 22.4 Å². The number of carbonyl (C=O) groups is 1. The minimum atomic E-state index is -0.0958. The van der Waals surface area contributed by atoms with Gasteiger partial charge in [0.1, 0.15) is 5.01 Å². The molecule has 1 saturated heterocycles. The number of rotatable bonds is 2. The first-order valence-corrected chi connectivity index (χ1v) is 6.50. The molecule has 2 heterocycles. The smallest absolute Gasteiger partial charge is 0.230 e. The Balaban J connectivity index is 1.88. The summed E-state index contributed by atoms with van der Waals surface area (Å²) >= 11 is 1.42. The molecule has 1 aromatic heterocycles. The van der Waals surface area contributed by atoms with E-state index in [1.807, 2.05) is 30.3 Å². The highest BCUT2D eigenvalue weighted by Crippen LogP contribution is 2.30. The number of nitrogens with two attached hydrogens (primary N) is 1. The highest BCUT2D eigenvalue weighted by molar-refractivity contribution is 7.18. The van der Waals surface area contributed by atoms with Crippen molar-refractivity contribution in [3.63, 3.8) is 0 Å². The second-order valence-electron chi connectivity index (χ2n) is 4.22. The van der Waals surface area contributed by atoms with Gasteiger partial charge in [-0.15, -0.1) is 10.2 Å². The van der Waals surface area contributed by atoms with E-state index < -0.39 is 0 Å². The van der Waals surface area contributed by atoms with E-state index in [1.165, 1.54) is 11.3 Å². The molecule has 5 nitrogen and oxygen atoms in total.